The summed E-state index contributed by atoms with van der Waals surface area (Å²) in [5.74, 6) is 0. The second-order valence-electron chi connectivity index (χ2n) is 6.19. The minimum Gasteiger partial charge on any atom is -0.297 e. The van der Waals surface area contributed by atoms with Crippen LogP contribution in [0, 0.1) is 12.3 Å². The molecule has 3 rings (SSSR count). The summed E-state index contributed by atoms with van der Waals surface area (Å²) in [4.78, 5) is 27.3. The molecule has 110 valence electrons. The van der Waals surface area contributed by atoms with Gasteiger partial charge in [-0.2, -0.15) is 0 Å². The van der Waals surface area contributed by atoms with Gasteiger partial charge in [0, 0.05) is 6.54 Å². The fraction of sp³-hybridized carbons (Fsp3) is 0.375. The number of aromatic amines is 1. The minimum absolute atomic E-state index is 0.0647. The maximum atomic E-state index is 12.7. The molecule has 1 saturated carbocycles. The summed E-state index contributed by atoms with van der Waals surface area (Å²) in [6, 6.07) is 7.53. The Hall–Kier alpha value is -1.81. The molecule has 21 heavy (non-hydrogen) atoms. The van der Waals surface area contributed by atoms with Crippen LogP contribution < -0.4 is 11.2 Å². The van der Waals surface area contributed by atoms with E-state index in [1.807, 2.05) is 31.2 Å². The van der Waals surface area contributed by atoms with E-state index in [0.717, 1.165) is 24.0 Å². The second kappa shape index (κ2) is 4.88. The van der Waals surface area contributed by atoms with Gasteiger partial charge < -0.3 is 0 Å². The highest BCUT2D eigenvalue weighted by Gasteiger charge is 2.38. The molecule has 0 atom stereocenters. The van der Waals surface area contributed by atoms with Crippen LogP contribution in [0.2, 0.25) is 5.15 Å². The third kappa shape index (κ3) is 2.68. The van der Waals surface area contributed by atoms with Crippen LogP contribution in [0.25, 0.3) is 11.1 Å². The Morgan fingerprint density at radius 1 is 1.24 bits per heavy atom. The van der Waals surface area contributed by atoms with Crippen molar-refractivity contribution < 1.29 is 0 Å². The molecule has 0 radical (unpaired) electrons. The first kappa shape index (κ1) is 14.1. The van der Waals surface area contributed by atoms with Crippen LogP contribution in [0.4, 0.5) is 0 Å². The van der Waals surface area contributed by atoms with Crippen LogP contribution in [0.1, 0.15) is 25.3 Å². The van der Waals surface area contributed by atoms with Gasteiger partial charge in [0.15, 0.2) is 0 Å². The molecule has 0 spiro atoms. The van der Waals surface area contributed by atoms with Crippen LogP contribution in [0.5, 0.6) is 0 Å². The number of aryl methyl sites for hydroxylation is 1. The molecule has 0 unspecified atom stereocenters. The van der Waals surface area contributed by atoms with Crippen molar-refractivity contribution in [3.8, 4) is 11.1 Å². The van der Waals surface area contributed by atoms with E-state index in [9.17, 15) is 9.59 Å². The third-order valence-corrected chi connectivity index (χ3v) is 4.41. The van der Waals surface area contributed by atoms with Gasteiger partial charge in [0.1, 0.15) is 5.15 Å². The highest BCUT2D eigenvalue weighted by molar-refractivity contribution is 6.32. The Kier molecular flexibility index (Phi) is 3.29. The summed E-state index contributed by atoms with van der Waals surface area (Å²) >= 11 is 6.10. The molecule has 1 aliphatic rings. The topological polar surface area (TPSA) is 54.9 Å². The second-order valence-corrected chi connectivity index (χ2v) is 6.57. The number of benzene rings is 1. The predicted octanol–water partition coefficient (Wildman–Crippen LogP) is 2.97. The number of nitrogens with one attached hydrogen (secondary N) is 1. The van der Waals surface area contributed by atoms with Crippen molar-refractivity contribution in [3.63, 3.8) is 0 Å². The van der Waals surface area contributed by atoms with E-state index in [1.54, 1.807) is 0 Å². The average molecular weight is 305 g/mol. The van der Waals surface area contributed by atoms with Crippen LogP contribution in [0.15, 0.2) is 33.9 Å². The number of H-pyrrole nitrogens is 1. The minimum atomic E-state index is -0.436. The van der Waals surface area contributed by atoms with E-state index in [1.165, 1.54) is 4.57 Å². The van der Waals surface area contributed by atoms with Crippen molar-refractivity contribution in [2.75, 3.05) is 0 Å². The van der Waals surface area contributed by atoms with Crippen molar-refractivity contribution >= 4 is 11.6 Å². The molecule has 1 aliphatic carbocycles. The quantitative estimate of drug-likeness (QED) is 0.886. The maximum Gasteiger partial charge on any atom is 0.329 e. The monoisotopic (exact) mass is 304 g/mol. The number of rotatable bonds is 3. The van der Waals surface area contributed by atoms with Gasteiger partial charge >= 0.3 is 5.69 Å². The molecule has 1 aromatic heterocycles. The Labute approximate surface area is 127 Å². The molecule has 1 heterocycles. The lowest BCUT2D eigenvalue weighted by molar-refractivity contribution is 0.441. The standard InChI is InChI=1S/C16H17ClN2O2/c1-10-3-5-11(6-4-10)12-13(17)18-15(21)19(14(12)20)9-16(2)7-8-16/h3-6H,7-9H2,1-2H3,(H,18,21). The lowest BCUT2D eigenvalue weighted by Crippen LogP contribution is -2.38. The molecule has 0 saturated heterocycles. The Morgan fingerprint density at radius 3 is 2.43 bits per heavy atom. The van der Waals surface area contributed by atoms with Crippen molar-refractivity contribution in [2.24, 2.45) is 5.41 Å². The van der Waals surface area contributed by atoms with E-state index in [-0.39, 0.29) is 16.1 Å². The highest BCUT2D eigenvalue weighted by Crippen LogP contribution is 2.45. The first-order valence-electron chi connectivity index (χ1n) is 6.99. The van der Waals surface area contributed by atoms with Crippen molar-refractivity contribution in [2.45, 2.75) is 33.2 Å². The summed E-state index contributed by atoms with van der Waals surface area (Å²) < 4.78 is 1.27. The molecule has 4 nitrogen and oxygen atoms in total. The number of aromatic nitrogens is 2. The lowest BCUT2D eigenvalue weighted by Gasteiger charge is -2.12. The molecule has 1 N–H and O–H groups in total. The normalized spacial score (nSPS) is 16.0. The highest BCUT2D eigenvalue weighted by atomic mass is 35.5. The maximum absolute atomic E-state index is 12.7. The largest absolute Gasteiger partial charge is 0.329 e. The van der Waals surface area contributed by atoms with Gasteiger partial charge in [0.05, 0.1) is 5.56 Å². The number of halogens is 1. The van der Waals surface area contributed by atoms with Gasteiger partial charge in [-0.05, 0) is 30.7 Å². The molecule has 2 aromatic rings. The molecule has 0 bridgehead atoms. The zero-order valence-corrected chi connectivity index (χ0v) is 12.8. The summed E-state index contributed by atoms with van der Waals surface area (Å²) in [6.07, 6.45) is 2.09. The molecule has 0 aliphatic heterocycles. The molecule has 1 aromatic carbocycles. The SMILES string of the molecule is Cc1ccc(-c2c(Cl)[nH]c(=O)n(CC3(C)CC3)c2=O)cc1. The Bertz CT molecular complexity index is 799. The van der Waals surface area contributed by atoms with Crippen LogP contribution in [-0.2, 0) is 6.54 Å². The van der Waals surface area contributed by atoms with Crippen LogP contribution >= 0.6 is 11.6 Å². The molecule has 0 amide bonds. The van der Waals surface area contributed by atoms with E-state index in [0.29, 0.717) is 12.1 Å². The van der Waals surface area contributed by atoms with Crippen molar-refractivity contribution in [3.05, 3.63) is 55.8 Å². The molecular formula is C16H17ClN2O2. The summed E-state index contributed by atoms with van der Waals surface area (Å²) in [7, 11) is 0. The van der Waals surface area contributed by atoms with Crippen LogP contribution in [0.3, 0.4) is 0 Å². The van der Waals surface area contributed by atoms with Gasteiger partial charge in [-0.25, -0.2) is 4.79 Å². The molecular weight excluding hydrogens is 288 g/mol. The lowest BCUT2D eigenvalue weighted by atomic mass is 10.1. The van der Waals surface area contributed by atoms with Gasteiger partial charge in [0.2, 0.25) is 0 Å². The first-order chi connectivity index (χ1) is 9.89. The van der Waals surface area contributed by atoms with E-state index >= 15 is 0 Å². The molecule has 5 heteroatoms. The summed E-state index contributed by atoms with van der Waals surface area (Å²) in [6.45, 7) is 4.50. The van der Waals surface area contributed by atoms with E-state index < -0.39 is 5.69 Å². The zero-order chi connectivity index (χ0) is 15.2. The number of hydrogen-bond donors (Lipinski definition) is 1. The van der Waals surface area contributed by atoms with Gasteiger partial charge in [-0.1, -0.05) is 48.4 Å². The van der Waals surface area contributed by atoms with Gasteiger partial charge in [0.25, 0.3) is 5.56 Å². The van der Waals surface area contributed by atoms with Gasteiger partial charge in [-0.15, -0.1) is 0 Å². The smallest absolute Gasteiger partial charge is 0.297 e. The van der Waals surface area contributed by atoms with E-state index in [4.69, 9.17) is 11.6 Å². The summed E-state index contributed by atoms with van der Waals surface area (Å²) in [5, 5.41) is 0.103. The first-order valence-corrected chi connectivity index (χ1v) is 7.37. The summed E-state index contributed by atoms with van der Waals surface area (Å²) in [5.41, 5.74) is 1.50. The van der Waals surface area contributed by atoms with Crippen LogP contribution in [-0.4, -0.2) is 9.55 Å². The third-order valence-electron chi connectivity index (χ3n) is 4.12. The zero-order valence-electron chi connectivity index (χ0n) is 12.1. The fourth-order valence-corrected chi connectivity index (χ4v) is 2.68. The number of nitrogens with zero attached hydrogens (tertiary/aromatic N) is 1. The average Bonchev–Trinajstić information content (AvgIpc) is 3.15. The number of hydrogen-bond acceptors (Lipinski definition) is 2. The van der Waals surface area contributed by atoms with E-state index in [2.05, 4.69) is 11.9 Å². The molecule has 1 fully saturated rings. The Morgan fingerprint density at radius 2 is 1.86 bits per heavy atom. The van der Waals surface area contributed by atoms with Crippen molar-refractivity contribution in [1.82, 2.24) is 9.55 Å². The predicted molar refractivity (Wildman–Crippen MR) is 83.8 cm³/mol. The Balaban J connectivity index is 2.16. The van der Waals surface area contributed by atoms with Crippen molar-refractivity contribution in [1.29, 1.82) is 0 Å². The fourth-order valence-electron chi connectivity index (χ4n) is 2.41. The van der Waals surface area contributed by atoms with Gasteiger partial charge in [-0.3, -0.25) is 14.3 Å².